The zero-order valence-electron chi connectivity index (χ0n) is 33.3. The van der Waals surface area contributed by atoms with Crippen LogP contribution in [0.2, 0.25) is 0 Å². The van der Waals surface area contributed by atoms with Crippen LogP contribution in [0, 0.1) is 0 Å². The van der Waals surface area contributed by atoms with Crippen LogP contribution in [0.4, 0.5) is 0 Å². The van der Waals surface area contributed by atoms with E-state index < -0.39 is 0 Å². The third-order valence-corrected chi connectivity index (χ3v) is 13.9. The average Bonchev–Trinajstić information content (AvgIpc) is 3.63. The predicted molar refractivity (Wildman–Crippen MR) is 247 cm³/mol. The molecule has 2 aliphatic rings. The van der Waals surface area contributed by atoms with Gasteiger partial charge in [0.15, 0.2) is 0 Å². The predicted octanol–water partition coefficient (Wildman–Crippen LogP) is 15.9. The largest absolute Gasteiger partial charge is 0.0622 e. The van der Waals surface area contributed by atoms with Gasteiger partial charge in [-0.25, -0.2) is 0 Å². The van der Waals surface area contributed by atoms with E-state index in [1.165, 1.54) is 121 Å². The van der Waals surface area contributed by atoms with E-state index in [2.05, 4.69) is 210 Å². The molecule has 0 fully saturated rings. The Bertz CT molecular complexity index is 3320. The first-order chi connectivity index (χ1) is 28.3. The van der Waals surface area contributed by atoms with Gasteiger partial charge in [-0.1, -0.05) is 191 Å². The van der Waals surface area contributed by atoms with Crippen LogP contribution in [0.25, 0.3) is 99.1 Å². The minimum Gasteiger partial charge on any atom is -0.0622 e. The first-order valence-electron chi connectivity index (χ1n) is 20.7. The first-order valence-corrected chi connectivity index (χ1v) is 20.7. The fourth-order valence-corrected chi connectivity index (χ4v) is 10.9. The molecular formula is C58H42. The van der Waals surface area contributed by atoms with Gasteiger partial charge in [-0.15, -0.1) is 0 Å². The number of hydrogen-bond acceptors (Lipinski definition) is 0. The zero-order chi connectivity index (χ0) is 38.9. The Labute approximate surface area is 340 Å². The minimum atomic E-state index is -0.133. The molecule has 0 aliphatic heterocycles. The second kappa shape index (κ2) is 11.9. The van der Waals surface area contributed by atoms with Crippen molar-refractivity contribution >= 4 is 32.3 Å². The van der Waals surface area contributed by atoms with E-state index in [9.17, 15) is 0 Å². The van der Waals surface area contributed by atoms with E-state index in [4.69, 9.17) is 0 Å². The summed E-state index contributed by atoms with van der Waals surface area (Å²) in [6.07, 6.45) is 0. The van der Waals surface area contributed by atoms with Crippen molar-refractivity contribution < 1.29 is 0 Å². The number of hydrogen-bond donors (Lipinski definition) is 0. The lowest BCUT2D eigenvalue weighted by atomic mass is 9.79. The van der Waals surface area contributed by atoms with Gasteiger partial charge in [0, 0.05) is 10.8 Å². The van der Waals surface area contributed by atoms with Crippen LogP contribution < -0.4 is 0 Å². The molecule has 58 heavy (non-hydrogen) atoms. The summed E-state index contributed by atoms with van der Waals surface area (Å²) >= 11 is 0. The topological polar surface area (TPSA) is 0 Å². The summed E-state index contributed by atoms with van der Waals surface area (Å²) in [6.45, 7) is 9.59. The summed E-state index contributed by atoms with van der Waals surface area (Å²) in [6, 6.07) is 68.6. The van der Waals surface area contributed by atoms with Gasteiger partial charge in [0.05, 0.1) is 0 Å². The van der Waals surface area contributed by atoms with Crippen molar-refractivity contribution in [2.75, 3.05) is 0 Å². The van der Waals surface area contributed by atoms with Crippen molar-refractivity contribution in [1.29, 1.82) is 0 Å². The Morgan fingerprint density at radius 3 is 1.34 bits per heavy atom. The second-order valence-electron chi connectivity index (χ2n) is 17.6. The lowest BCUT2D eigenvalue weighted by molar-refractivity contribution is 0.652. The van der Waals surface area contributed by atoms with Crippen molar-refractivity contribution in [3.63, 3.8) is 0 Å². The molecular weight excluding hydrogens is 697 g/mol. The van der Waals surface area contributed by atoms with Gasteiger partial charge in [0.2, 0.25) is 0 Å². The summed E-state index contributed by atoms with van der Waals surface area (Å²) in [4.78, 5) is 0. The molecule has 0 saturated carbocycles. The number of fused-ring (bicyclic) bond motifs is 6. The van der Waals surface area contributed by atoms with Crippen LogP contribution in [0.3, 0.4) is 0 Å². The van der Waals surface area contributed by atoms with Crippen LogP contribution in [0.5, 0.6) is 0 Å². The summed E-state index contributed by atoms with van der Waals surface area (Å²) in [5.74, 6) is 0. The summed E-state index contributed by atoms with van der Waals surface area (Å²) < 4.78 is 0. The molecule has 0 amide bonds. The Kier molecular flexibility index (Phi) is 6.84. The summed E-state index contributed by atoms with van der Waals surface area (Å²) in [5, 5.41) is 7.84. The summed E-state index contributed by atoms with van der Waals surface area (Å²) in [7, 11) is 0. The molecule has 0 bridgehead atoms. The number of rotatable bonds is 4. The van der Waals surface area contributed by atoms with Crippen molar-refractivity contribution in [3.05, 3.63) is 204 Å². The highest BCUT2D eigenvalue weighted by atomic mass is 14.4. The fraction of sp³-hybridized carbons (Fsp3) is 0.103. The maximum atomic E-state index is 2.52. The molecule has 0 heteroatoms. The Morgan fingerprint density at radius 2 is 0.690 bits per heavy atom. The Hall–Kier alpha value is -6.76. The SMILES string of the molecule is CC1(C)c2ccccc2-c2cc3c(cc21)-c1ccc(-c2ccccc2-c2ccccc2-c2ccc4ccc5c(-c6ccccc6)ccc6ccc2c4c65)cc1C3(C)C. The van der Waals surface area contributed by atoms with E-state index in [0.29, 0.717) is 0 Å². The summed E-state index contributed by atoms with van der Waals surface area (Å²) in [5.41, 5.74) is 21.1. The van der Waals surface area contributed by atoms with Crippen molar-refractivity contribution in [2.45, 2.75) is 38.5 Å². The third kappa shape index (κ3) is 4.52. The quantitative estimate of drug-likeness (QED) is 0.158. The molecule has 0 saturated heterocycles. The maximum Gasteiger partial charge on any atom is 0.0159 e. The standard InChI is InChI=1S/C58H42/c1-57(2)51-21-13-12-20-45(51)49-33-54-50(34-53(49)57)46-29-26-38(32-52(46)58(54,3)4)39-16-8-9-17-41(39)42-18-10-11-19-43(42)44-28-23-37-24-30-47-40(35-14-6-5-7-15-35)27-22-36-25-31-48(44)56(37)55(36)47/h5-34H,1-4H3. The van der Waals surface area contributed by atoms with Gasteiger partial charge in [0.1, 0.15) is 0 Å². The molecule has 10 aromatic carbocycles. The molecule has 0 nitrogen and oxygen atoms in total. The maximum absolute atomic E-state index is 2.52. The Morgan fingerprint density at radius 1 is 0.259 bits per heavy atom. The average molecular weight is 739 g/mol. The number of benzene rings is 10. The van der Waals surface area contributed by atoms with E-state index in [0.717, 1.165) is 0 Å². The normalized spacial score (nSPS) is 14.5. The van der Waals surface area contributed by atoms with E-state index in [1.807, 2.05) is 0 Å². The molecule has 0 spiro atoms. The minimum absolute atomic E-state index is 0.0278. The van der Waals surface area contributed by atoms with Crippen molar-refractivity contribution in [1.82, 2.24) is 0 Å². The molecule has 12 rings (SSSR count). The molecule has 2 aliphatic carbocycles. The highest BCUT2D eigenvalue weighted by Gasteiger charge is 2.41. The lowest BCUT2D eigenvalue weighted by Gasteiger charge is -2.24. The molecule has 0 atom stereocenters. The molecule has 274 valence electrons. The van der Waals surface area contributed by atoms with Crippen molar-refractivity contribution in [2.24, 2.45) is 0 Å². The molecule has 0 aromatic heterocycles. The molecule has 10 aromatic rings. The highest BCUT2D eigenvalue weighted by Crippen LogP contribution is 2.57. The zero-order valence-corrected chi connectivity index (χ0v) is 33.3. The highest BCUT2D eigenvalue weighted by molar-refractivity contribution is 6.28. The Balaban J connectivity index is 1.00. The van der Waals surface area contributed by atoms with Gasteiger partial charge >= 0.3 is 0 Å². The van der Waals surface area contributed by atoms with E-state index in [-0.39, 0.29) is 10.8 Å². The molecule has 0 unspecified atom stereocenters. The van der Waals surface area contributed by atoms with Gasteiger partial charge < -0.3 is 0 Å². The monoisotopic (exact) mass is 738 g/mol. The fourth-order valence-electron chi connectivity index (χ4n) is 10.9. The van der Waals surface area contributed by atoms with Crippen LogP contribution in [-0.2, 0) is 10.8 Å². The lowest BCUT2D eigenvalue weighted by Crippen LogP contribution is -2.17. The van der Waals surface area contributed by atoms with Gasteiger partial charge in [-0.2, -0.15) is 0 Å². The van der Waals surface area contributed by atoms with Crippen molar-refractivity contribution in [3.8, 4) is 66.8 Å². The molecule has 0 radical (unpaired) electrons. The van der Waals surface area contributed by atoms with Gasteiger partial charge in [-0.05, 0) is 140 Å². The third-order valence-electron chi connectivity index (χ3n) is 13.9. The van der Waals surface area contributed by atoms with E-state index >= 15 is 0 Å². The molecule has 0 N–H and O–H groups in total. The first kappa shape index (κ1) is 33.4. The van der Waals surface area contributed by atoms with Gasteiger partial charge in [0.25, 0.3) is 0 Å². The van der Waals surface area contributed by atoms with E-state index in [1.54, 1.807) is 0 Å². The van der Waals surface area contributed by atoms with Crippen LogP contribution in [-0.4, -0.2) is 0 Å². The second-order valence-corrected chi connectivity index (χ2v) is 17.6. The van der Waals surface area contributed by atoms with Crippen LogP contribution in [0.15, 0.2) is 182 Å². The van der Waals surface area contributed by atoms with Crippen LogP contribution >= 0.6 is 0 Å². The van der Waals surface area contributed by atoms with Crippen LogP contribution in [0.1, 0.15) is 49.9 Å². The molecule has 0 heterocycles. The smallest absolute Gasteiger partial charge is 0.0159 e. The van der Waals surface area contributed by atoms with Gasteiger partial charge in [-0.3, -0.25) is 0 Å².